The van der Waals surface area contributed by atoms with Crippen LogP contribution in [0.1, 0.15) is 20.7 Å². The highest BCUT2D eigenvalue weighted by atomic mass is 16.5. The molecule has 7 nitrogen and oxygen atoms in total. The number of nitrogens with zero attached hydrogens (tertiary/aromatic N) is 2. The maximum absolute atomic E-state index is 12.5. The Hall–Kier alpha value is -4.13. The summed E-state index contributed by atoms with van der Waals surface area (Å²) in [5.41, 5.74) is 1.09. The first-order chi connectivity index (χ1) is 16.1. The Labute approximate surface area is 192 Å². The van der Waals surface area contributed by atoms with Crippen molar-refractivity contribution in [1.29, 1.82) is 0 Å². The molecule has 1 aliphatic rings. The Morgan fingerprint density at radius 3 is 1.85 bits per heavy atom. The summed E-state index contributed by atoms with van der Waals surface area (Å²) >= 11 is 0. The van der Waals surface area contributed by atoms with Crippen LogP contribution in [0.2, 0.25) is 0 Å². The molecule has 0 saturated carbocycles. The lowest BCUT2D eigenvalue weighted by molar-refractivity contribution is -0.131. The standard InChI is InChI=1S/C26H25N3O4/c30-24(28-15-17-29(18-16-28)26(32)21-7-3-1-4-8-21)19-27-25(31)20-11-13-23(14-12-20)33-22-9-5-2-6-10-22/h1-14H,15-19H2,(H,27,31). The number of hydrogen-bond acceptors (Lipinski definition) is 4. The Kier molecular flexibility index (Phi) is 6.99. The summed E-state index contributed by atoms with van der Waals surface area (Å²) in [6.07, 6.45) is 0. The number of para-hydroxylation sites is 1. The largest absolute Gasteiger partial charge is 0.457 e. The first-order valence-electron chi connectivity index (χ1n) is 10.8. The lowest BCUT2D eigenvalue weighted by Gasteiger charge is -2.34. The number of amides is 3. The van der Waals surface area contributed by atoms with Gasteiger partial charge in [0.1, 0.15) is 11.5 Å². The molecule has 7 heteroatoms. The van der Waals surface area contributed by atoms with E-state index in [0.717, 1.165) is 0 Å². The van der Waals surface area contributed by atoms with Gasteiger partial charge in [-0.1, -0.05) is 36.4 Å². The number of nitrogens with one attached hydrogen (secondary N) is 1. The molecule has 0 unspecified atom stereocenters. The van der Waals surface area contributed by atoms with Crippen molar-refractivity contribution in [2.24, 2.45) is 0 Å². The minimum Gasteiger partial charge on any atom is -0.457 e. The van der Waals surface area contributed by atoms with Crippen LogP contribution in [-0.4, -0.2) is 60.2 Å². The van der Waals surface area contributed by atoms with Crippen LogP contribution >= 0.6 is 0 Å². The predicted molar refractivity (Wildman–Crippen MR) is 124 cm³/mol. The van der Waals surface area contributed by atoms with Crippen LogP contribution in [-0.2, 0) is 4.79 Å². The lowest BCUT2D eigenvalue weighted by Crippen LogP contribution is -2.52. The highest BCUT2D eigenvalue weighted by Gasteiger charge is 2.25. The van der Waals surface area contributed by atoms with Crippen molar-refractivity contribution < 1.29 is 19.1 Å². The number of benzene rings is 3. The minimum atomic E-state index is -0.326. The van der Waals surface area contributed by atoms with Gasteiger partial charge in [0.05, 0.1) is 6.54 Å². The Balaban J connectivity index is 1.23. The maximum atomic E-state index is 12.5. The molecule has 3 aromatic rings. The number of rotatable bonds is 6. The van der Waals surface area contributed by atoms with Crippen LogP contribution in [0.15, 0.2) is 84.9 Å². The zero-order valence-electron chi connectivity index (χ0n) is 18.1. The Bertz CT molecular complexity index is 1090. The summed E-state index contributed by atoms with van der Waals surface area (Å²) in [6.45, 7) is 1.73. The van der Waals surface area contributed by atoms with Crippen LogP contribution in [0.5, 0.6) is 11.5 Å². The minimum absolute atomic E-state index is 0.0318. The van der Waals surface area contributed by atoms with Crippen molar-refractivity contribution in [1.82, 2.24) is 15.1 Å². The van der Waals surface area contributed by atoms with Crippen molar-refractivity contribution in [2.75, 3.05) is 32.7 Å². The van der Waals surface area contributed by atoms with Gasteiger partial charge in [0.15, 0.2) is 0 Å². The molecule has 0 radical (unpaired) electrons. The van der Waals surface area contributed by atoms with Crippen LogP contribution in [0, 0.1) is 0 Å². The first kappa shape index (κ1) is 22.1. The third kappa shape index (κ3) is 5.77. The molecule has 3 amide bonds. The maximum Gasteiger partial charge on any atom is 0.253 e. The zero-order valence-corrected chi connectivity index (χ0v) is 18.1. The summed E-state index contributed by atoms with van der Waals surface area (Å²) in [4.78, 5) is 40.9. The zero-order chi connectivity index (χ0) is 23.0. The summed E-state index contributed by atoms with van der Waals surface area (Å²) < 4.78 is 5.72. The highest BCUT2D eigenvalue weighted by molar-refractivity contribution is 5.97. The van der Waals surface area contributed by atoms with Gasteiger partial charge in [-0.05, 0) is 48.5 Å². The number of ether oxygens (including phenoxy) is 1. The monoisotopic (exact) mass is 443 g/mol. The van der Waals surface area contributed by atoms with Crippen LogP contribution in [0.25, 0.3) is 0 Å². The van der Waals surface area contributed by atoms with E-state index in [1.54, 1.807) is 46.2 Å². The second-order valence-corrected chi connectivity index (χ2v) is 7.66. The van der Waals surface area contributed by atoms with Crippen molar-refractivity contribution in [2.45, 2.75) is 0 Å². The molecule has 0 spiro atoms. The van der Waals surface area contributed by atoms with E-state index < -0.39 is 0 Å². The number of carbonyl (C=O) groups excluding carboxylic acids is 3. The highest BCUT2D eigenvalue weighted by Crippen LogP contribution is 2.21. The Morgan fingerprint density at radius 1 is 0.667 bits per heavy atom. The summed E-state index contributed by atoms with van der Waals surface area (Å²) in [6, 6.07) is 25.2. The molecule has 1 saturated heterocycles. The molecular formula is C26H25N3O4. The summed E-state index contributed by atoms with van der Waals surface area (Å²) in [5.74, 6) is 0.810. The first-order valence-corrected chi connectivity index (χ1v) is 10.8. The van der Waals surface area contributed by atoms with E-state index in [2.05, 4.69) is 5.32 Å². The summed E-state index contributed by atoms with van der Waals surface area (Å²) in [7, 11) is 0. The van der Waals surface area contributed by atoms with E-state index in [1.165, 1.54) is 0 Å². The van der Waals surface area contributed by atoms with Gasteiger partial charge >= 0.3 is 0 Å². The smallest absolute Gasteiger partial charge is 0.253 e. The molecule has 0 bridgehead atoms. The van der Waals surface area contributed by atoms with Gasteiger partial charge in [-0.25, -0.2) is 0 Å². The normalized spacial score (nSPS) is 13.3. The second-order valence-electron chi connectivity index (χ2n) is 7.66. The summed E-state index contributed by atoms with van der Waals surface area (Å²) in [5, 5.41) is 2.67. The van der Waals surface area contributed by atoms with Gasteiger partial charge < -0.3 is 19.9 Å². The van der Waals surface area contributed by atoms with Crippen molar-refractivity contribution in [3.8, 4) is 11.5 Å². The van der Waals surface area contributed by atoms with Crippen LogP contribution in [0.3, 0.4) is 0 Å². The Morgan fingerprint density at radius 2 is 1.21 bits per heavy atom. The molecule has 0 aliphatic carbocycles. The third-order valence-corrected chi connectivity index (χ3v) is 5.44. The topological polar surface area (TPSA) is 79.0 Å². The number of hydrogen-bond donors (Lipinski definition) is 1. The van der Waals surface area contributed by atoms with Gasteiger partial charge in [0.25, 0.3) is 11.8 Å². The quantitative estimate of drug-likeness (QED) is 0.635. The molecule has 1 heterocycles. The average Bonchev–Trinajstić information content (AvgIpc) is 2.88. The van der Waals surface area contributed by atoms with Crippen LogP contribution in [0.4, 0.5) is 0 Å². The molecule has 4 rings (SSSR count). The van der Waals surface area contributed by atoms with E-state index >= 15 is 0 Å². The van der Waals surface area contributed by atoms with Gasteiger partial charge in [0.2, 0.25) is 5.91 Å². The molecule has 1 fully saturated rings. The van der Waals surface area contributed by atoms with Gasteiger partial charge in [0, 0.05) is 37.3 Å². The molecule has 168 valence electrons. The molecule has 1 N–H and O–H groups in total. The fourth-order valence-corrected chi connectivity index (χ4v) is 3.59. The van der Waals surface area contributed by atoms with E-state index in [1.807, 2.05) is 48.5 Å². The molecule has 33 heavy (non-hydrogen) atoms. The van der Waals surface area contributed by atoms with Crippen molar-refractivity contribution in [3.05, 3.63) is 96.1 Å². The lowest BCUT2D eigenvalue weighted by atomic mass is 10.2. The fourth-order valence-electron chi connectivity index (χ4n) is 3.59. The SMILES string of the molecule is O=C(NCC(=O)N1CCN(C(=O)c2ccccc2)CC1)c1ccc(Oc2ccccc2)cc1. The van der Waals surface area contributed by atoms with Crippen molar-refractivity contribution >= 4 is 17.7 Å². The van der Waals surface area contributed by atoms with Gasteiger partial charge in [-0.3, -0.25) is 14.4 Å². The molecule has 0 aromatic heterocycles. The molecule has 3 aromatic carbocycles. The second kappa shape index (κ2) is 10.5. The van der Waals surface area contributed by atoms with Gasteiger partial charge in [-0.15, -0.1) is 0 Å². The van der Waals surface area contributed by atoms with E-state index in [9.17, 15) is 14.4 Å². The molecule has 1 aliphatic heterocycles. The number of piperazine rings is 1. The predicted octanol–water partition coefficient (Wildman–Crippen LogP) is 3.19. The average molecular weight is 444 g/mol. The molecular weight excluding hydrogens is 418 g/mol. The van der Waals surface area contributed by atoms with Gasteiger partial charge in [-0.2, -0.15) is 0 Å². The van der Waals surface area contributed by atoms with Crippen LogP contribution < -0.4 is 10.1 Å². The van der Waals surface area contributed by atoms with E-state index in [4.69, 9.17) is 4.74 Å². The van der Waals surface area contributed by atoms with E-state index in [-0.39, 0.29) is 24.3 Å². The molecule has 0 atom stereocenters. The van der Waals surface area contributed by atoms with Crippen molar-refractivity contribution in [3.63, 3.8) is 0 Å². The fraction of sp³-hybridized carbons (Fsp3) is 0.192. The van der Waals surface area contributed by atoms with E-state index in [0.29, 0.717) is 48.8 Å². The third-order valence-electron chi connectivity index (χ3n) is 5.44. The number of carbonyl (C=O) groups is 3.